The minimum Gasteiger partial charge on any atom is -0.468 e. The van der Waals surface area contributed by atoms with E-state index in [1.807, 2.05) is 24.3 Å². The molecular weight excluding hydrogens is 324 g/mol. The van der Waals surface area contributed by atoms with E-state index >= 15 is 0 Å². The van der Waals surface area contributed by atoms with E-state index in [0.717, 1.165) is 18.5 Å². The van der Waals surface area contributed by atoms with Crippen molar-refractivity contribution in [3.8, 4) is 0 Å². The molecular formula is C22H24N2O2. The lowest BCUT2D eigenvalue weighted by Crippen LogP contribution is -2.48. The van der Waals surface area contributed by atoms with Gasteiger partial charge in [-0.25, -0.2) is 0 Å². The lowest BCUT2D eigenvalue weighted by atomic mass is 9.90. The molecule has 1 aromatic heterocycles. The smallest absolute Gasteiger partial charge is 0.323 e. The van der Waals surface area contributed by atoms with E-state index < -0.39 is 0 Å². The maximum atomic E-state index is 12.6. The number of benzene rings is 2. The number of para-hydroxylation sites is 1. The molecule has 0 spiro atoms. The first-order chi connectivity index (χ1) is 12.7. The number of H-pyrrole nitrogens is 1. The Morgan fingerprint density at radius 2 is 1.88 bits per heavy atom. The largest absolute Gasteiger partial charge is 0.468 e. The molecule has 2 atom stereocenters. The van der Waals surface area contributed by atoms with Crippen LogP contribution in [-0.4, -0.2) is 29.0 Å². The van der Waals surface area contributed by atoms with Crippen LogP contribution in [0.15, 0.2) is 54.6 Å². The maximum absolute atomic E-state index is 12.6. The van der Waals surface area contributed by atoms with Crippen LogP contribution in [0.3, 0.4) is 0 Å². The van der Waals surface area contributed by atoms with E-state index in [-0.39, 0.29) is 18.1 Å². The highest BCUT2D eigenvalue weighted by Gasteiger charge is 2.39. The van der Waals surface area contributed by atoms with Crippen molar-refractivity contribution in [3.63, 3.8) is 0 Å². The van der Waals surface area contributed by atoms with Gasteiger partial charge in [0.1, 0.15) is 6.04 Å². The van der Waals surface area contributed by atoms with Gasteiger partial charge in [-0.15, -0.1) is 0 Å². The molecule has 0 amide bonds. The molecule has 0 radical (unpaired) electrons. The predicted octanol–water partition coefficient (Wildman–Crippen LogP) is 4.22. The Kier molecular flexibility index (Phi) is 4.51. The van der Waals surface area contributed by atoms with E-state index in [1.54, 1.807) is 0 Å². The zero-order valence-electron chi connectivity index (χ0n) is 15.2. The third-order valence-electron chi connectivity index (χ3n) is 5.45. The van der Waals surface area contributed by atoms with Crippen molar-refractivity contribution < 1.29 is 9.53 Å². The molecule has 134 valence electrons. The van der Waals surface area contributed by atoms with Crippen LogP contribution in [0.4, 0.5) is 0 Å². The summed E-state index contributed by atoms with van der Waals surface area (Å²) in [5.74, 6) is -0.157. The number of hydrogen-bond donors (Lipinski definition) is 1. The summed E-state index contributed by atoms with van der Waals surface area (Å²) in [6.07, 6.45) is 1.61. The van der Waals surface area contributed by atoms with Crippen molar-refractivity contribution in [2.75, 3.05) is 7.11 Å². The van der Waals surface area contributed by atoms with Crippen molar-refractivity contribution >= 4 is 16.9 Å². The fraction of sp³-hybridized carbons (Fsp3) is 0.318. The third kappa shape index (κ3) is 2.80. The molecule has 1 aliphatic heterocycles. The molecule has 4 heteroatoms. The molecule has 2 aromatic carbocycles. The number of nitrogens with zero attached hydrogens (tertiary/aromatic N) is 1. The second-order valence-corrected chi connectivity index (χ2v) is 6.89. The number of nitrogens with one attached hydrogen (secondary N) is 1. The Bertz CT molecular complexity index is 916. The Morgan fingerprint density at radius 3 is 2.62 bits per heavy atom. The summed E-state index contributed by atoms with van der Waals surface area (Å²) >= 11 is 0. The number of aromatic amines is 1. The van der Waals surface area contributed by atoms with Gasteiger partial charge in [-0.2, -0.15) is 0 Å². The number of carbonyl (C=O) groups excluding carboxylic acids is 1. The molecule has 4 rings (SSSR count). The van der Waals surface area contributed by atoms with E-state index in [0.29, 0.717) is 6.42 Å². The van der Waals surface area contributed by atoms with Crippen molar-refractivity contribution in [3.05, 3.63) is 71.4 Å². The second kappa shape index (κ2) is 6.96. The highest BCUT2D eigenvalue weighted by molar-refractivity contribution is 5.87. The number of esters is 1. The molecule has 3 aromatic rings. The first-order valence-electron chi connectivity index (χ1n) is 9.20. The Labute approximate surface area is 153 Å². The van der Waals surface area contributed by atoms with Crippen LogP contribution < -0.4 is 0 Å². The molecule has 0 bridgehead atoms. The van der Waals surface area contributed by atoms with Gasteiger partial charge in [-0.05, 0) is 23.6 Å². The third-order valence-corrected chi connectivity index (χ3v) is 5.45. The van der Waals surface area contributed by atoms with Crippen molar-refractivity contribution in [2.45, 2.75) is 38.4 Å². The minimum absolute atomic E-state index is 0.157. The average Bonchev–Trinajstić information content (AvgIpc) is 3.06. The summed E-state index contributed by atoms with van der Waals surface area (Å²) in [7, 11) is 1.48. The number of hydrogen-bond acceptors (Lipinski definition) is 3. The zero-order valence-corrected chi connectivity index (χ0v) is 15.2. The number of methoxy groups -OCH3 is 1. The predicted molar refractivity (Wildman–Crippen MR) is 103 cm³/mol. The molecule has 0 saturated carbocycles. The van der Waals surface area contributed by atoms with Crippen molar-refractivity contribution in [2.24, 2.45) is 0 Å². The van der Waals surface area contributed by atoms with Gasteiger partial charge in [0, 0.05) is 29.6 Å². The van der Waals surface area contributed by atoms with Crippen molar-refractivity contribution in [1.82, 2.24) is 9.88 Å². The van der Waals surface area contributed by atoms with Crippen LogP contribution in [-0.2, 0) is 22.5 Å². The Morgan fingerprint density at radius 1 is 1.15 bits per heavy atom. The van der Waals surface area contributed by atoms with Crippen LogP contribution in [0.25, 0.3) is 10.9 Å². The Balaban J connectivity index is 1.81. The van der Waals surface area contributed by atoms with E-state index in [2.05, 4.69) is 47.1 Å². The summed E-state index contributed by atoms with van der Waals surface area (Å²) in [6.45, 7) is 2.91. The second-order valence-electron chi connectivity index (χ2n) is 6.89. The first kappa shape index (κ1) is 16.9. The van der Waals surface area contributed by atoms with Gasteiger partial charge in [-0.3, -0.25) is 9.69 Å². The molecule has 2 heterocycles. The molecule has 0 fully saturated rings. The maximum Gasteiger partial charge on any atom is 0.323 e. The number of aromatic nitrogens is 1. The van der Waals surface area contributed by atoms with Crippen LogP contribution in [0.1, 0.15) is 36.2 Å². The van der Waals surface area contributed by atoms with Gasteiger partial charge >= 0.3 is 5.97 Å². The summed E-state index contributed by atoms with van der Waals surface area (Å²) < 4.78 is 5.16. The highest BCUT2D eigenvalue weighted by Crippen LogP contribution is 2.39. The lowest BCUT2D eigenvalue weighted by molar-refractivity contribution is -0.149. The van der Waals surface area contributed by atoms with Gasteiger partial charge in [-0.1, -0.05) is 55.5 Å². The number of rotatable bonds is 4. The van der Waals surface area contributed by atoms with Gasteiger partial charge in [0.05, 0.1) is 13.2 Å². The molecule has 0 aliphatic carbocycles. The molecule has 26 heavy (non-hydrogen) atoms. The monoisotopic (exact) mass is 348 g/mol. The van der Waals surface area contributed by atoms with E-state index in [9.17, 15) is 4.79 Å². The van der Waals surface area contributed by atoms with Gasteiger partial charge in [0.2, 0.25) is 0 Å². The van der Waals surface area contributed by atoms with Gasteiger partial charge in [0.15, 0.2) is 0 Å². The number of ether oxygens (including phenoxy) is 1. The number of fused-ring (bicyclic) bond motifs is 3. The average molecular weight is 348 g/mol. The zero-order chi connectivity index (χ0) is 18.1. The van der Waals surface area contributed by atoms with E-state index in [4.69, 9.17) is 4.74 Å². The molecule has 0 unspecified atom stereocenters. The van der Waals surface area contributed by atoms with Crippen LogP contribution >= 0.6 is 0 Å². The fourth-order valence-corrected chi connectivity index (χ4v) is 4.23. The fourth-order valence-electron chi connectivity index (χ4n) is 4.23. The first-order valence-corrected chi connectivity index (χ1v) is 9.20. The van der Waals surface area contributed by atoms with Crippen LogP contribution in [0.5, 0.6) is 0 Å². The minimum atomic E-state index is -0.267. The summed E-state index contributed by atoms with van der Waals surface area (Å²) in [6, 6.07) is 18.6. The topological polar surface area (TPSA) is 45.3 Å². The molecule has 1 aliphatic rings. The van der Waals surface area contributed by atoms with Gasteiger partial charge < -0.3 is 9.72 Å². The lowest BCUT2D eigenvalue weighted by Gasteiger charge is -2.40. The normalized spacial score (nSPS) is 20.1. The molecule has 4 nitrogen and oxygen atoms in total. The van der Waals surface area contributed by atoms with Crippen LogP contribution in [0.2, 0.25) is 0 Å². The SMILES string of the molecule is CC[C@@H]1c2[nH]c3ccccc3c2C[C@@H](C(=O)OC)N1Cc1ccccc1. The molecule has 1 N–H and O–H groups in total. The molecule has 0 saturated heterocycles. The Hall–Kier alpha value is -2.59. The van der Waals surface area contributed by atoms with Crippen molar-refractivity contribution in [1.29, 1.82) is 0 Å². The summed E-state index contributed by atoms with van der Waals surface area (Å²) in [4.78, 5) is 18.5. The summed E-state index contributed by atoms with van der Waals surface area (Å²) in [5, 5.41) is 1.22. The van der Waals surface area contributed by atoms with Gasteiger partial charge in [0.25, 0.3) is 0 Å². The van der Waals surface area contributed by atoms with Crippen LogP contribution in [0, 0.1) is 0 Å². The highest BCUT2D eigenvalue weighted by atomic mass is 16.5. The van der Waals surface area contributed by atoms with E-state index in [1.165, 1.54) is 29.3 Å². The summed E-state index contributed by atoms with van der Waals surface area (Å²) in [5.41, 5.74) is 4.84. The standard InChI is InChI=1S/C22H24N2O2/c1-3-19-21-17(16-11-7-8-12-18(16)23-21)13-20(22(25)26-2)24(19)14-15-9-5-4-6-10-15/h4-12,19-20,23H,3,13-14H2,1-2H3/t19-,20+/m1/s1. The quantitative estimate of drug-likeness (QED) is 0.718. The number of carbonyl (C=O) groups is 1.